The van der Waals surface area contributed by atoms with Crippen molar-refractivity contribution in [3.63, 3.8) is 0 Å². The van der Waals surface area contributed by atoms with Gasteiger partial charge in [0.25, 0.3) is 0 Å². The van der Waals surface area contributed by atoms with E-state index in [1.165, 1.54) is 57.3 Å². The summed E-state index contributed by atoms with van der Waals surface area (Å²) in [5.74, 6) is 1.57. The summed E-state index contributed by atoms with van der Waals surface area (Å²) in [5.41, 5.74) is 1.52. The Bertz CT molecular complexity index is 472. The van der Waals surface area contributed by atoms with Crippen LogP contribution >= 0.6 is 0 Å². The fraction of sp³-hybridized carbons (Fsp3) is 0.812. The van der Waals surface area contributed by atoms with Crippen LogP contribution in [0.3, 0.4) is 0 Å². The van der Waals surface area contributed by atoms with Gasteiger partial charge < -0.3 is 9.64 Å². The first kappa shape index (κ1) is 12.8. The number of aromatic nitrogens is 2. The molecule has 0 amide bonds. The predicted octanol–water partition coefficient (Wildman–Crippen LogP) is 2.17. The Morgan fingerprint density at radius 1 is 1.35 bits per heavy atom. The monoisotopic (exact) mass is 275 g/mol. The van der Waals surface area contributed by atoms with E-state index in [-0.39, 0.29) is 5.60 Å². The lowest BCUT2D eigenvalue weighted by molar-refractivity contribution is -0.0440. The molecule has 0 radical (unpaired) electrons. The molecular formula is C16H25N3O. The zero-order chi connectivity index (χ0) is 13.6. The maximum absolute atomic E-state index is 6.26. The average Bonchev–Trinajstić information content (AvgIpc) is 3.00. The van der Waals surface area contributed by atoms with Crippen molar-refractivity contribution in [3.8, 4) is 0 Å². The molecule has 2 aliphatic heterocycles. The van der Waals surface area contributed by atoms with Gasteiger partial charge in [0.05, 0.1) is 18.4 Å². The molecule has 4 rings (SSSR count). The molecule has 1 spiro atoms. The van der Waals surface area contributed by atoms with Gasteiger partial charge in [-0.25, -0.2) is 0 Å². The topological polar surface area (TPSA) is 30.3 Å². The minimum absolute atomic E-state index is 0.167. The summed E-state index contributed by atoms with van der Waals surface area (Å²) in [4.78, 5) is 2.66. The van der Waals surface area contributed by atoms with Crippen LogP contribution in [-0.2, 0) is 11.8 Å². The highest BCUT2D eigenvalue weighted by Crippen LogP contribution is 2.43. The Morgan fingerprint density at radius 3 is 2.80 bits per heavy atom. The van der Waals surface area contributed by atoms with Gasteiger partial charge in [-0.1, -0.05) is 0 Å². The van der Waals surface area contributed by atoms with E-state index in [1.54, 1.807) is 0 Å². The highest BCUT2D eigenvalue weighted by molar-refractivity contribution is 5.15. The Hall–Kier alpha value is -0.870. The lowest BCUT2D eigenvalue weighted by Crippen LogP contribution is -2.44. The van der Waals surface area contributed by atoms with Gasteiger partial charge in [-0.05, 0) is 43.6 Å². The normalized spacial score (nSPS) is 30.1. The van der Waals surface area contributed by atoms with E-state index < -0.39 is 0 Å². The highest BCUT2D eigenvalue weighted by Gasteiger charge is 2.43. The van der Waals surface area contributed by atoms with E-state index in [1.807, 2.05) is 17.9 Å². The molecule has 3 heterocycles. The summed E-state index contributed by atoms with van der Waals surface area (Å²) in [6, 6.07) is 0. The minimum Gasteiger partial charge on any atom is -0.374 e. The zero-order valence-corrected chi connectivity index (χ0v) is 12.4. The Morgan fingerprint density at radius 2 is 2.15 bits per heavy atom. The molecule has 1 unspecified atom stereocenters. The van der Waals surface area contributed by atoms with Crippen molar-refractivity contribution in [2.45, 2.75) is 43.6 Å². The van der Waals surface area contributed by atoms with Crippen molar-refractivity contribution in [2.24, 2.45) is 13.0 Å². The second-order valence-corrected chi connectivity index (χ2v) is 7.09. The quantitative estimate of drug-likeness (QED) is 0.847. The van der Waals surface area contributed by atoms with Gasteiger partial charge in [0.2, 0.25) is 0 Å². The van der Waals surface area contributed by atoms with E-state index >= 15 is 0 Å². The predicted molar refractivity (Wildman–Crippen MR) is 77.6 cm³/mol. The van der Waals surface area contributed by atoms with Crippen LogP contribution < -0.4 is 0 Å². The third-order valence-electron chi connectivity index (χ3n) is 5.39. The molecule has 1 aromatic rings. The molecular weight excluding hydrogens is 250 g/mol. The van der Waals surface area contributed by atoms with Gasteiger partial charge in [-0.15, -0.1) is 0 Å². The van der Waals surface area contributed by atoms with Gasteiger partial charge in [-0.3, -0.25) is 4.68 Å². The van der Waals surface area contributed by atoms with Gasteiger partial charge in [-0.2, -0.15) is 5.10 Å². The van der Waals surface area contributed by atoms with Crippen LogP contribution in [0, 0.1) is 5.92 Å². The molecule has 1 aromatic heterocycles. The highest BCUT2D eigenvalue weighted by atomic mass is 16.5. The molecule has 110 valence electrons. The first-order valence-electron chi connectivity index (χ1n) is 8.07. The molecule has 1 saturated carbocycles. The van der Waals surface area contributed by atoms with E-state index in [0.717, 1.165) is 12.5 Å². The van der Waals surface area contributed by atoms with Crippen molar-refractivity contribution in [2.75, 3.05) is 26.2 Å². The van der Waals surface area contributed by atoms with Crippen molar-refractivity contribution in [1.82, 2.24) is 14.7 Å². The molecule has 1 atom stereocenters. The SMILES string of the molecule is Cn1cc(C2COC3(CCN(CC4CC4)CC3)C2)cn1. The van der Waals surface area contributed by atoms with Crippen molar-refractivity contribution >= 4 is 0 Å². The van der Waals surface area contributed by atoms with Crippen molar-refractivity contribution < 1.29 is 4.74 Å². The number of piperidine rings is 1. The molecule has 0 bridgehead atoms. The Kier molecular flexibility index (Phi) is 3.11. The lowest BCUT2D eigenvalue weighted by Gasteiger charge is -2.38. The molecule has 2 saturated heterocycles. The summed E-state index contributed by atoms with van der Waals surface area (Å²) in [6.45, 7) is 4.68. The zero-order valence-electron chi connectivity index (χ0n) is 12.4. The van der Waals surface area contributed by atoms with E-state index in [9.17, 15) is 0 Å². The number of aryl methyl sites for hydroxylation is 1. The molecule has 0 N–H and O–H groups in total. The number of hydrogen-bond donors (Lipinski definition) is 0. The number of hydrogen-bond acceptors (Lipinski definition) is 3. The number of rotatable bonds is 3. The second kappa shape index (κ2) is 4.85. The Labute approximate surface area is 121 Å². The molecule has 1 aliphatic carbocycles. The maximum Gasteiger partial charge on any atom is 0.0713 e. The van der Waals surface area contributed by atoms with Crippen molar-refractivity contribution in [3.05, 3.63) is 18.0 Å². The molecule has 3 aliphatic rings. The van der Waals surface area contributed by atoms with Crippen LogP contribution in [-0.4, -0.2) is 46.5 Å². The first-order chi connectivity index (χ1) is 9.72. The largest absolute Gasteiger partial charge is 0.374 e. The second-order valence-electron chi connectivity index (χ2n) is 7.09. The maximum atomic E-state index is 6.26. The average molecular weight is 275 g/mol. The van der Waals surface area contributed by atoms with E-state index in [2.05, 4.69) is 16.2 Å². The smallest absolute Gasteiger partial charge is 0.0713 e. The van der Waals surface area contributed by atoms with Crippen LogP contribution in [0.1, 0.15) is 43.6 Å². The Balaban J connectivity index is 1.35. The molecule has 0 aromatic carbocycles. The van der Waals surface area contributed by atoms with Crippen LogP contribution in [0.4, 0.5) is 0 Å². The third kappa shape index (κ3) is 2.51. The summed E-state index contributed by atoms with van der Waals surface area (Å²) < 4.78 is 8.16. The molecule has 4 nitrogen and oxygen atoms in total. The fourth-order valence-corrected chi connectivity index (χ4v) is 3.87. The number of likely N-dealkylation sites (tertiary alicyclic amines) is 1. The van der Waals surface area contributed by atoms with Crippen LogP contribution in [0.25, 0.3) is 0 Å². The van der Waals surface area contributed by atoms with E-state index in [0.29, 0.717) is 5.92 Å². The van der Waals surface area contributed by atoms with Crippen LogP contribution in [0.15, 0.2) is 12.4 Å². The summed E-state index contributed by atoms with van der Waals surface area (Å²) in [5, 5.41) is 4.30. The van der Waals surface area contributed by atoms with Gasteiger partial charge in [0, 0.05) is 38.8 Å². The third-order valence-corrected chi connectivity index (χ3v) is 5.39. The summed E-state index contributed by atoms with van der Waals surface area (Å²) in [6.07, 6.45) is 10.7. The molecule has 20 heavy (non-hydrogen) atoms. The number of nitrogens with zero attached hydrogens (tertiary/aromatic N) is 3. The van der Waals surface area contributed by atoms with Crippen LogP contribution in [0.2, 0.25) is 0 Å². The van der Waals surface area contributed by atoms with Gasteiger partial charge in [0.1, 0.15) is 0 Å². The lowest BCUT2D eigenvalue weighted by atomic mass is 9.84. The minimum atomic E-state index is 0.167. The van der Waals surface area contributed by atoms with Gasteiger partial charge in [0.15, 0.2) is 0 Å². The standard InChI is InChI=1S/C16H25N3O/c1-18-11-15(9-17-18)14-8-16(20-12-14)4-6-19(7-5-16)10-13-2-3-13/h9,11,13-14H,2-8,10,12H2,1H3. The van der Waals surface area contributed by atoms with Crippen molar-refractivity contribution in [1.29, 1.82) is 0 Å². The van der Waals surface area contributed by atoms with Crippen LogP contribution in [0.5, 0.6) is 0 Å². The number of ether oxygens (including phenoxy) is 1. The van der Waals surface area contributed by atoms with Gasteiger partial charge >= 0.3 is 0 Å². The molecule has 4 heteroatoms. The fourth-order valence-electron chi connectivity index (χ4n) is 3.87. The van der Waals surface area contributed by atoms with E-state index in [4.69, 9.17) is 4.74 Å². The summed E-state index contributed by atoms with van der Waals surface area (Å²) in [7, 11) is 1.99. The molecule has 3 fully saturated rings. The first-order valence-corrected chi connectivity index (χ1v) is 8.07. The summed E-state index contributed by atoms with van der Waals surface area (Å²) >= 11 is 0.